The SMILES string of the molecule is CCCCn1nnnc1NCc1cc(OCC)c(OCc2c(Cl)cccc2Cl)cc1Cl. The quantitative estimate of drug-likeness (QED) is 0.358. The van der Waals surface area contributed by atoms with E-state index in [4.69, 9.17) is 44.3 Å². The van der Waals surface area contributed by atoms with Gasteiger partial charge in [-0.25, -0.2) is 4.68 Å². The van der Waals surface area contributed by atoms with Gasteiger partial charge in [-0.3, -0.25) is 0 Å². The molecule has 31 heavy (non-hydrogen) atoms. The number of unbranched alkanes of at least 4 members (excludes halogenated alkanes) is 1. The normalized spacial score (nSPS) is 10.9. The minimum atomic E-state index is 0.193. The predicted molar refractivity (Wildman–Crippen MR) is 123 cm³/mol. The van der Waals surface area contributed by atoms with Gasteiger partial charge in [-0.1, -0.05) is 59.3 Å². The lowest BCUT2D eigenvalue weighted by Crippen LogP contribution is -2.10. The van der Waals surface area contributed by atoms with Crippen molar-refractivity contribution in [2.45, 2.75) is 46.4 Å². The second-order valence-electron chi connectivity index (χ2n) is 6.74. The molecule has 0 amide bonds. The van der Waals surface area contributed by atoms with Gasteiger partial charge in [0.05, 0.1) is 6.61 Å². The van der Waals surface area contributed by atoms with E-state index in [1.54, 1.807) is 28.9 Å². The first-order valence-corrected chi connectivity index (χ1v) is 11.2. The van der Waals surface area contributed by atoms with Gasteiger partial charge in [-0.15, -0.1) is 0 Å². The van der Waals surface area contributed by atoms with Crippen LogP contribution in [0.3, 0.4) is 0 Å². The molecule has 0 spiro atoms. The number of nitrogens with one attached hydrogen (secondary N) is 1. The van der Waals surface area contributed by atoms with E-state index in [1.165, 1.54) is 0 Å². The molecule has 0 saturated heterocycles. The zero-order chi connectivity index (χ0) is 22.2. The van der Waals surface area contributed by atoms with Crippen LogP contribution in [0.25, 0.3) is 0 Å². The van der Waals surface area contributed by atoms with E-state index in [1.807, 2.05) is 13.0 Å². The Morgan fingerprint density at radius 2 is 1.74 bits per heavy atom. The number of nitrogens with zero attached hydrogens (tertiary/aromatic N) is 4. The van der Waals surface area contributed by atoms with E-state index >= 15 is 0 Å². The highest BCUT2D eigenvalue weighted by atomic mass is 35.5. The minimum Gasteiger partial charge on any atom is -0.490 e. The molecular formula is C21H24Cl3N5O2. The minimum absolute atomic E-state index is 0.193. The number of tetrazole rings is 1. The zero-order valence-corrected chi connectivity index (χ0v) is 19.6. The molecule has 166 valence electrons. The summed E-state index contributed by atoms with van der Waals surface area (Å²) in [5.41, 5.74) is 1.53. The van der Waals surface area contributed by atoms with Crippen molar-refractivity contribution in [3.05, 3.63) is 56.5 Å². The van der Waals surface area contributed by atoms with Gasteiger partial charge in [0.15, 0.2) is 11.5 Å². The molecule has 1 heterocycles. The van der Waals surface area contributed by atoms with Crippen LogP contribution in [0.4, 0.5) is 5.95 Å². The van der Waals surface area contributed by atoms with Crippen molar-refractivity contribution in [2.24, 2.45) is 0 Å². The molecule has 0 aliphatic carbocycles. The summed E-state index contributed by atoms with van der Waals surface area (Å²) < 4.78 is 13.5. The van der Waals surface area contributed by atoms with Crippen LogP contribution in [0, 0.1) is 0 Å². The lowest BCUT2D eigenvalue weighted by Gasteiger charge is -2.16. The van der Waals surface area contributed by atoms with Crippen LogP contribution in [-0.2, 0) is 19.7 Å². The van der Waals surface area contributed by atoms with Crippen molar-refractivity contribution in [1.82, 2.24) is 20.2 Å². The van der Waals surface area contributed by atoms with Crippen LogP contribution >= 0.6 is 34.8 Å². The van der Waals surface area contributed by atoms with E-state index in [-0.39, 0.29) is 6.61 Å². The molecule has 0 atom stereocenters. The Morgan fingerprint density at radius 3 is 2.45 bits per heavy atom. The molecule has 7 nitrogen and oxygen atoms in total. The maximum atomic E-state index is 6.52. The van der Waals surface area contributed by atoms with Gasteiger partial charge in [-0.2, -0.15) is 0 Å². The number of anilines is 1. The Kier molecular flexibility index (Phi) is 8.63. The fraction of sp³-hybridized carbons (Fsp3) is 0.381. The number of rotatable bonds is 11. The first-order chi connectivity index (χ1) is 15.0. The van der Waals surface area contributed by atoms with E-state index in [9.17, 15) is 0 Å². The Balaban J connectivity index is 1.75. The smallest absolute Gasteiger partial charge is 0.243 e. The Bertz CT molecular complexity index is 992. The van der Waals surface area contributed by atoms with Crippen molar-refractivity contribution in [1.29, 1.82) is 0 Å². The summed E-state index contributed by atoms with van der Waals surface area (Å²) in [4.78, 5) is 0. The van der Waals surface area contributed by atoms with Crippen molar-refractivity contribution in [3.63, 3.8) is 0 Å². The monoisotopic (exact) mass is 483 g/mol. The summed E-state index contributed by atoms with van der Waals surface area (Å²) in [6.45, 7) is 5.88. The first kappa shape index (κ1) is 23.4. The van der Waals surface area contributed by atoms with E-state index < -0.39 is 0 Å². The van der Waals surface area contributed by atoms with Crippen molar-refractivity contribution < 1.29 is 9.47 Å². The zero-order valence-electron chi connectivity index (χ0n) is 17.4. The fourth-order valence-electron chi connectivity index (χ4n) is 2.88. The summed E-state index contributed by atoms with van der Waals surface area (Å²) in [5, 5.41) is 16.6. The number of hydrogen-bond acceptors (Lipinski definition) is 6. The third-order valence-electron chi connectivity index (χ3n) is 4.54. The van der Waals surface area contributed by atoms with Gasteiger partial charge in [0.25, 0.3) is 0 Å². The summed E-state index contributed by atoms with van der Waals surface area (Å²) in [6.07, 6.45) is 2.06. The Morgan fingerprint density at radius 1 is 1.00 bits per heavy atom. The van der Waals surface area contributed by atoms with Crippen LogP contribution in [0.15, 0.2) is 30.3 Å². The lowest BCUT2D eigenvalue weighted by atomic mass is 10.2. The summed E-state index contributed by atoms with van der Waals surface area (Å²) >= 11 is 19.0. The highest BCUT2D eigenvalue weighted by Crippen LogP contribution is 2.35. The van der Waals surface area contributed by atoms with Crippen LogP contribution in [0.5, 0.6) is 11.5 Å². The molecule has 2 aromatic carbocycles. The summed E-state index contributed by atoms with van der Waals surface area (Å²) in [5.74, 6) is 1.69. The predicted octanol–water partition coefficient (Wildman–Crippen LogP) is 6.02. The number of hydrogen-bond donors (Lipinski definition) is 1. The molecule has 0 aliphatic heterocycles. The standard InChI is InChI=1S/C21H24Cl3N5O2/c1-3-5-9-29-21(26-27-28-29)25-12-14-10-19(30-4-2)20(11-18(14)24)31-13-15-16(22)7-6-8-17(15)23/h6-8,10-11H,3-5,9,12-13H2,1-2H3,(H,25,26,28). The fourth-order valence-corrected chi connectivity index (χ4v) is 3.61. The van der Waals surface area contributed by atoms with Crippen molar-refractivity contribution in [2.75, 3.05) is 11.9 Å². The molecule has 0 radical (unpaired) electrons. The number of aromatic nitrogens is 4. The molecule has 1 N–H and O–H groups in total. The number of benzene rings is 2. The van der Waals surface area contributed by atoms with Crippen LogP contribution in [0.2, 0.25) is 15.1 Å². The Hall–Kier alpha value is -2.22. The summed E-state index contributed by atoms with van der Waals surface area (Å²) in [7, 11) is 0. The van der Waals surface area contributed by atoms with Gasteiger partial charge in [0, 0.05) is 39.8 Å². The second kappa shape index (κ2) is 11.4. The van der Waals surface area contributed by atoms with Crippen LogP contribution in [-0.4, -0.2) is 26.8 Å². The maximum absolute atomic E-state index is 6.52. The largest absolute Gasteiger partial charge is 0.490 e. The van der Waals surface area contributed by atoms with E-state index in [2.05, 4.69) is 27.8 Å². The maximum Gasteiger partial charge on any atom is 0.243 e. The number of ether oxygens (including phenoxy) is 2. The van der Waals surface area contributed by atoms with Gasteiger partial charge < -0.3 is 14.8 Å². The molecule has 0 unspecified atom stereocenters. The third-order valence-corrected chi connectivity index (χ3v) is 5.60. The highest BCUT2D eigenvalue weighted by molar-refractivity contribution is 6.36. The van der Waals surface area contributed by atoms with Crippen molar-refractivity contribution in [3.8, 4) is 11.5 Å². The van der Waals surface area contributed by atoms with E-state index in [0.29, 0.717) is 51.2 Å². The molecule has 0 bridgehead atoms. The van der Waals surface area contributed by atoms with Crippen LogP contribution < -0.4 is 14.8 Å². The topological polar surface area (TPSA) is 74.1 Å². The van der Waals surface area contributed by atoms with Gasteiger partial charge in [0.1, 0.15) is 6.61 Å². The average Bonchev–Trinajstić information content (AvgIpc) is 3.20. The van der Waals surface area contributed by atoms with Crippen LogP contribution in [0.1, 0.15) is 37.8 Å². The van der Waals surface area contributed by atoms with Crippen molar-refractivity contribution >= 4 is 40.8 Å². The average molecular weight is 485 g/mol. The molecular weight excluding hydrogens is 461 g/mol. The van der Waals surface area contributed by atoms with E-state index in [0.717, 1.165) is 24.9 Å². The molecule has 0 saturated carbocycles. The third kappa shape index (κ3) is 6.15. The highest BCUT2D eigenvalue weighted by Gasteiger charge is 2.14. The Labute approximate surface area is 196 Å². The molecule has 3 aromatic rings. The van der Waals surface area contributed by atoms with Gasteiger partial charge >= 0.3 is 0 Å². The van der Waals surface area contributed by atoms with Gasteiger partial charge in [0.2, 0.25) is 5.95 Å². The second-order valence-corrected chi connectivity index (χ2v) is 7.97. The summed E-state index contributed by atoms with van der Waals surface area (Å²) in [6, 6.07) is 8.91. The molecule has 10 heteroatoms. The van der Waals surface area contributed by atoms with Gasteiger partial charge in [-0.05, 0) is 47.5 Å². The molecule has 0 fully saturated rings. The molecule has 1 aromatic heterocycles. The molecule has 3 rings (SSSR count). The molecule has 0 aliphatic rings. The lowest BCUT2D eigenvalue weighted by molar-refractivity contribution is 0.269. The number of aryl methyl sites for hydroxylation is 1. The number of halogens is 3. The first-order valence-electron chi connectivity index (χ1n) is 10.0.